The Morgan fingerprint density at radius 2 is 2.38 bits per heavy atom. The summed E-state index contributed by atoms with van der Waals surface area (Å²) in [4.78, 5) is 15.0. The van der Waals surface area contributed by atoms with Gasteiger partial charge in [-0.1, -0.05) is 13.8 Å². The minimum atomic E-state index is -0.159. The lowest BCUT2D eigenvalue weighted by Crippen LogP contribution is -2.33. The van der Waals surface area contributed by atoms with E-state index >= 15 is 0 Å². The van der Waals surface area contributed by atoms with Crippen LogP contribution in [0.15, 0.2) is 0 Å². The van der Waals surface area contributed by atoms with Crippen molar-refractivity contribution in [3.63, 3.8) is 0 Å². The minimum absolute atomic E-state index is 0.159. The predicted octanol–water partition coefficient (Wildman–Crippen LogP) is 2.22. The molecule has 13 heavy (non-hydrogen) atoms. The Hall–Kier alpha value is -0.440. The number of nitrogens with zero attached hydrogens (tertiary/aromatic N) is 1. The monoisotopic (exact) mass is 204 g/mol. The van der Waals surface area contributed by atoms with Crippen molar-refractivity contribution in [3.05, 3.63) is 0 Å². The van der Waals surface area contributed by atoms with Crippen LogP contribution in [0, 0.1) is 11.8 Å². The maximum atomic E-state index is 11.1. The van der Waals surface area contributed by atoms with Crippen molar-refractivity contribution in [2.24, 2.45) is 11.8 Å². The van der Waals surface area contributed by atoms with Gasteiger partial charge in [0.1, 0.15) is 0 Å². The van der Waals surface area contributed by atoms with E-state index in [-0.39, 0.29) is 6.03 Å². The molecule has 1 atom stereocenters. The molecule has 4 heteroatoms. The van der Waals surface area contributed by atoms with Gasteiger partial charge in [-0.2, -0.15) is 0 Å². The van der Waals surface area contributed by atoms with Crippen LogP contribution in [-0.2, 0) is 0 Å². The summed E-state index contributed by atoms with van der Waals surface area (Å²) in [5, 5.41) is 0. The highest BCUT2D eigenvalue weighted by molar-refractivity contribution is 6.21. The molecule has 1 heterocycles. The molecule has 1 N–H and O–H groups in total. The molecule has 0 saturated carbocycles. The van der Waals surface area contributed by atoms with Crippen molar-refractivity contribution in [2.45, 2.75) is 26.7 Å². The molecule has 1 saturated heterocycles. The number of halogens is 1. The third kappa shape index (κ3) is 3.07. The fraction of sp³-hybridized carbons (Fsp3) is 0.889. The lowest BCUT2D eigenvalue weighted by molar-refractivity contribution is 0.212. The summed E-state index contributed by atoms with van der Waals surface area (Å²) in [6.07, 6.45) is 2.31. The van der Waals surface area contributed by atoms with Crippen LogP contribution in [0.5, 0.6) is 0 Å². The van der Waals surface area contributed by atoms with Gasteiger partial charge in [0, 0.05) is 24.9 Å². The van der Waals surface area contributed by atoms with Crippen LogP contribution >= 0.6 is 11.8 Å². The summed E-state index contributed by atoms with van der Waals surface area (Å²) in [6, 6.07) is -0.159. The molecular weight excluding hydrogens is 188 g/mol. The van der Waals surface area contributed by atoms with Crippen LogP contribution in [0.1, 0.15) is 26.7 Å². The van der Waals surface area contributed by atoms with Gasteiger partial charge >= 0.3 is 6.03 Å². The van der Waals surface area contributed by atoms with Gasteiger partial charge in [0.05, 0.1) is 0 Å². The van der Waals surface area contributed by atoms with Gasteiger partial charge in [0.25, 0.3) is 0 Å². The standard InChI is InChI=1S/C9H17ClN2O/c1-7(2)5-8-3-4-12(6-8)9(13)11-10/h7-8H,3-6H2,1-2H3,(H,11,13). The first-order valence-electron chi connectivity index (χ1n) is 4.79. The zero-order chi connectivity index (χ0) is 9.84. The largest absolute Gasteiger partial charge is 0.331 e. The van der Waals surface area contributed by atoms with E-state index < -0.39 is 0 Å². The Kier molecular flexibility index (Phi) is 3.85. The molecule has 76 valence electrons. The van der Waals surface area contributed by atoms with E-state index in [0.29, 0.717) is 11.8 Å². The molecule has 0 aliphatic carbocycles. The second-order valence-electron chi connectivity index (χ2n) is 4.13. The first kappa shape index (κ1) is 10.6. The zero-order valence-corrected chi connectivity index (χ0v) is 8.97. The minimum Gasteiger partial charge on any atom is -0.324 e. The van der Waals surface area contributed by atoms with Gasteiger partial charge in [0.2, 0.25) is 0 Å². The van der Waals surface area contributed by atoms with Gasteiger partial charge in [-0.25, -0.2) is 9.63 Å². The van der Waals surface area contributed by atoms with E-state index in [9.17, 15) is 4.79 Å². The van der Waals surface area contributed by atoms with Crippen molar-refractivity contribution in [3.8, 4) is 0 Å². The van der Waals surface area contributed by atoms with Crippen molar-refractivity contribution in [1.82, 2.24) is 9.74 Å². The lowest BCUT2D eigenvalue weighted by Gasteiger charge is -2.15. The molecule has 1 aliphatic heterocycles. The molecular formula is C9H17ClN2O. The van der Waals surface area contributed by atoms with E-state index in [1.165, 1.54) is 6.42 Å². The molecule has 0 aromatic carbocycles. The number of rotatable bonds is 2. The second kappa shape index (κ2) is 4.70. The van der Waals surface area contributed by atoms with Crippen LogP contribution in [0.25, 0.3) is 0 Å². The molecule has 1 aliphatic rings. The number of hydrogen-bond donors (Lipinski definition) is 1. The van der Waals surface area contributed by atoms with E-state index in [4.69, 9.17) is 11.8 Å². The number of likely N-dealkylation sites (tertiary alicyclic amines) is 1. The van der Waals surface area contributed by atoms with E-state index in [2.05, 4.69) is 18.7 Å². The summed E-state index contributed by atoms with van der Waals surface area (Å²) >= 11 is 5.24. The molecule has 2 amide bonds. The first-order valence-corrected chi connectivity index (χ1v) is 5.16. The highest BCUT2D eigenvalue weighted by Gasteiger charge is 2.25. The Morgan fingerprint density at radius 3 is 2.92 bits per heavy atom. The van der Waals surface area contributed by atoms with Gasteiger partial charge in [-0.3, -0.25) is 0 Å². The van der Waals surface area contributed by atoms with Crippen LogP contribution in [0.4, 0.5) is 4.79 Å². The van der Waals surface area contributed by atoms with Crippen molar-refractivity contribution in [1.29, 1.82) is 0 Å². The molecule has 0 aromatic rings. The summed E-state index contributed by atoms with van der Waals surface area (Å²) in [6.45, 7) is 6.13. The summed E-state index contributed by atoms with van der Waals surface area (Å²) in [7, 11) is 0. The first-order chi connectivity index (χ1) is 6.13. The Bertz CT molecular complexity index is 184. The van der Waals surface area contributed by atoms with E-state index in [1.54, 1.807) is 4.90 Å². The number of carbonyl (C=O) groups is 1. The van der Waals surface area contributed by atoms with Crippen LogP contribution in [0.3, 0.4) is 0 Å². The molecule has 3 nitrogen and oxygen atoms in total. The Morgan fingerprint density at radius 1 is 1.69 bits per heavy atom. The fourth-order valence-corrected chi connectivity index (χ4v) is 2.06. The Balaban J connectivity index is 2.32. The van der Waals surface area contributed by atoms with Gasteiger partial charge in [-0.15, -0.1) is 0 Å². The molecule has 1 unspecified atom stereocenters. The van der Waals surface area contributed by atoms with Gasteiger partial charge in [0.15, 0.2) is 0 Å². The summed E-state index contributed by atoms with van der Waals surface area (Å²) < 4.78 is 0. The van der Waals surface area contributed by atoms with Crippen LogP contribution in [0.2, 0.25) is 0 Å². The molecule has 1 rings (SSSR count). The topological polar surface area (TPSA) is 32.3 Å². The van der Waals surface area contributed by atoms with E-state index in [1.807, 2.05) is 0 Å². The molecule has 1 fully saturated rings. The lowest BCUT2D eigenvalue weighted by atomic mass is 9.97. The number of carbonyl (C=O) groups excluding carboxylic acids is 1. The number of urea groups is 1. The van der Waals surface area contributed by atoms with Crippen LogP contribution < -0.4 is 4.84 Å². The highest BCUT2D eigenvalue weighted by atomic mass is 35.5. The molecule has 0 bridgehead atoms. The van der Waals surface area contributed by atoms with Crippen molar-refractivity contribution < 1.29 is 4.79 Å². The van der Waals surface area contributed by atoms with Crippen LogP contribution in [-0.4, -0.2) is 24.0 Å². The third-order valence-corrected chi connectivity index (χ3v) is 2.62. The molecule has 0 spiro atoms. The SMILES string of the molecule is CC(C)CC1CCN(C(=O)NCl)C1. The number of amides is 2. The zero-order valence-electron chi connectivity index (χ0n) is 8.22. The van der Waals surface area contributed by atoms with E-state index in [0.717, 1.165) is 19.5 Å². The third-order valence-electron chi connectivity index (χ3n) is 2.46. The molecule has 0 aromatic heterocycles. The molecule has 0 radical (unpaired) electrons. The summed E-state index contributed by atoms with van der Waals surface area (Å²) in [5.74, 6) is 1.37. The van der Waals surface area contributed by atoms with Crippen molar-refractivity contribution in [2.75, 3.05) is 13.1 Å². The smallest absolute Gasteiger partial charge is 0.324 e. The fourth-order valence-electron chi connectivity index (χ4n) is 1.94. The quantitative estimate of drug-likeness (QED) is 0.688. The Labute approximate surface area is 84.5 Å². The number of hydrogen-bond acceptors (Lipinski definition) is 1. The second-order valence-corrected chi connectivity index (χ2v) is 4.32. The van der Waals surface area contributed by atoms with Gasteiger partial charge < -0.3 is 4.90 Å². The maximum absolute atomic E-state index is 11.1. The van der Waals surface area contributed by atoms with Gasteiger partial charge in [-0.05, 0) is 24.7 Å². The average Bonchev–Trinajstić information content (AvgIpc) is 2.50. The normalized spacial score (nSPS) is 22.5. The van der Waals surface area contributed by atoms with Crippen molar-refractivity contribution >= 4 is 17.8 Å². The summed E-state index contributed by atoms with van der Waals surface area (Å²) in [5.41, 5.74) is 0. The maximum Gasteiger partial charge on any atom is 0.331 e. The predicted molar refractivity (Wildman–Crippen MR) is 53.5 cm³/mol. The number of nitrogens with one attached hydrogen (secondary N) is 1. The average molecular weight is 205 g/mol. The highest BCUT2D eigenvalue weighted by Crippen LogP contribution is 2.22.